The number of Topliss-reactive ketones (excluding diaryl/α,β-unsaturated/α-hetero) is 1. The molecule has 1 aliphatic carbocycles. The van der Waals surface area contributed by atoms with Gasteiger partial charge in [-0.15, -0.1) is 0 Å². The van der Waals surface area contributed by atoms with Crippen LogP contribution in [0.25, 0.3) is 22.1 Å². The Hall–Kier alpha value is -3.26. The van der Waals surface area contributed by atoms with E-state index >= 15 is 0 Å². The maximum absolute atomic E-state index is 13.4. The summed E-state index contributed by atoms with van der Waals surface area (Å²) in [7, 11) is 3.79. The zero-order valence-electron chi connectivity index (χ0n) is 23.4. The number of aromatic nitrogens is 2. The van der Waals surface area contributed by atoms with E-state index in [2.05, 4.69) is 27.2 Å². The number of ketones is 1. The second-order valence-electron chi connectivity index (χ2n) is 11.3. The maximum Gasteiger partial charge on any atom is 0.224 e. The van der Waals surface area contributed by atoms with Gasteiger partial charge in [0.05, 0.1) is 18.9 Å². The molecule has 2 atom stereocenters. The fraction of sp³-hybridized carbons (Fsp3) is 0.548. The number of pyridine rings is 1. The minimum absolute atomic E-state index is 0.0690. The number of piperidine rings is 1. The molecule has 3 heterocycles. The number of methoxy groups -OCH3 is 1. The van der Waals surface area contributed by atoms with E-state index in [1.54, 1.807) is 19.5 Å². The first-order valence-electron chi connectivity index (χ1n) is 14.3. The number of carbonyl (C=O) groups is 2. The Labute approximate surface area is 230 Å². The molecule has 1 spiro atoms. The molecule has 1 N–H and O–H groups in total. The van der Waals surface area contributed by atoms with Crippen molar-refractivity contribution in [2.24, 2.45) is 11.3 Å². The van der Waals surface area contributed by atoms with Gasteiger partial charge in [-0.05, 0) is 81.2 Å². The number of hydrogen-bond donors (Lipinski definition) is 1. The van der Waals surface area contributed by atoms with Crippen LogP contribution in [0.4, 0.5) is 0 Å². The van der Waals surface area contributed by atoms with Crippen molar-refractivity contribution in [1.82, 2.24) is 20.2 Å². The average molecular weight is 533 g/mol. The number of oxazole rings is 1. The summed E-state index contributed by atoms with van der Waals surface area (Å²) in [5.41, 5.74) is 0.974. The molecule has 2 fully saturated rings. The number of rotatable bonds is 12. The van der Waals surface area contributed by atoms with Crippen LogP contribution >= 0.6 is 0 Å². The highest BCUT2D eigenvalue weighted by atomic mass is 16.5. The summed E-state index contributed by atoms with van der Waals surface area (Å²) < 4.78 is 12.0. The molecule has 0 unspecified atom stereocenters. The Balaban J connectivity index is 1.32. The fourth-order valence-corrected chi connectivity index (χ4v) is 5.94. The number of carbonyl (C=O) groups excluding carboxylic acids is 2. The Bertz CT molecular complexity index is 1310. The monoisotopic (exact) mass is 532 g/mol. The van der Waals surface area contributed by atoms with Crippen LogP contribution in [-0.2, 0) is 9.59 Å². The summed E-state index contributed by atoms with van der Waals surface area (Å²) in [6, 6.07) is 5.61. The van der Waals surface area contributed by atoms with Crippen LogP contribution in [0.5, 0.6) is 5.75 Å². The average Bonchev–Trinajstić information content (AvgIpc) is 3.44. The van der Waals surface area contributed by atoms with Gasteiger partial charge in [0.1, 0.15) is 17.6 Å². The smallest absolute Gasteiger partial charge is 0.224 e. The lowest BCUT2D eigenvalue weighted by atomic mass is 9.91. The van der Waals surface area contributed by atoms with Gasteiger partial charge in [0.2, 0.25) is 11.8 Å². The normalized spacial score (nSPS) is 19.2. The molecule has 8 nitrogen and oxygen atoms in total. The van der Waals surface area contributed by atoms with Gasteiger partial charge in [-0.1, -0.05) is 19.8 Å². The van der Waals surface area contributed by atoms with Crippen LogP contribution in [0.15, 0.2) is 41.2 Å². The summed E-state index contributed by atoms with van der Waals surface area (Å²) in [6.45, 7) is 4.01. The minimum atomic E-state index is -0.312. The van der Waals surface area contributed by atoms with Crippen molar-refractivity contribution in [2.45, 2.75) is 70.8 Å². The molecule has 1 saturated carbocycles. The highest BCUT2D eigenvalue weighted by Crippen LogP contribution is 2.59. The molecule has 1 aliphatic heterocycles. The van der Waals surface area contributed by atoms with Crippen LogP contribution in [-0.4, -0.2) is 53.8 Å². The van der Waals surface area contributed by atoms with Crippen LogP contribution in [0.1, 0.15) is 76.6 Å². The maximum atomic E-state index is 13.4. The molecule has 0 bridgehead atoms. The summed E-state index contributed by atoms with van der Waals surface area (Å²) >= 11 is 0. The third-order valence-electron chi connectivity index (χ3n) is 8.69. The first-order chi connectivity index (χ1) is 18.9. The van der Waals surface area contributed by atoms with Gasteiger partial charge in [-0.3, -0.25) is 14.6 Å². The Morgan fingerprint density at radius 1 is 1.18 bits per heavy atom. The molecule has 1 aromatic carbocycles. The van der Waals surface area contributed by atoms with Gasteiger partial charge in [-0.25, -0.2) is 4.98 Å². The van der Waals surface area contributed by atoms with Crippen LogP contribution in [0, 0.1) is 11.3 Å². The van der Waals surface area contributed by atoms with Gasteiger partial charge in [0.15, 0.2) is 5.76 Å². The summed E-state index contributed by atoms with van der Waals surface area (Å²) in [5.74, 6) is 2.28. The van der Waals surface area contributed by atoms with E-state index in [1.165, 1.54) is 0 Å². The molecule has 8 heteroatoms. The van der Waals surface area contributed by atoms with E-state index < -0.39 is 0 Å². The van der Waals surface area contributed by atoms with Crippen molar-refractivity contribution in [2.75, 3.05) is 27.2 Å². The zero-order valence-corrected chi connectivity index (χ0v) is 23.4. The van der Waals surface area contributed by atoms with E-state index in [0.29, 0.717) is 36.0 Å². The molecule has 0 radical (unpaired) electrons. The molecule has 39 heavy (non-hydrogen) atoms. The van der Waals surface area contributed by atoms with Gasteiger partial charge in [0, 0.05) is 36.5 Å². The number of unbranched alkanes of at least 4 members (excludes halogenated alkanes) is 2. The van der Waals surface area contributed by atoms with E-state index in [0.717, 1.165) is 74.4 Å². The molecular weight excluding hydrogens is 492 g/mol. The quantitative estimate of drug-likeness (QED) is 0.298. The van der Waals surface area contributed by atoms with Crippen molar-refractivity contribution in [3.8, 4) is 17.1 Å². The summed E-state index contributed by atoms with van der Waals surface area (Å²) in [5, 5.41) is 5.31. The second kappa shape index (κ2) is 11.9. The second-order valence-corrected chi connectivity index (χ2v) is 11.3. The van der Waals surface area contributed by atoms with Gasteiger partial charge >= 0.3 is 0 Å². The van der Waals surface area contributed by atoms with Crippen molar-refractivity contribution in [3.05, 3.63) is 42.7 Å². The summed E-state index contributed by atoms with van der Waals surface area (Å²) in [4.78, 5) is 36.3. The molecule has 1 amide bonds. The highest BCUT2D eigenvalue weighted by molar-refractivity contribution is 5.89. The first-order valence-corrected chi connectivity index (χ1v) is 14.3. The summed E-state index contributed by atoms with van der Waals surface area (Å²) in [6.07, 6.45) is 13.0. The Morgan fingerprint density at radius 3 is 2.77 bits per heavy atom. The minimum Gasteiger partial charge on any atom is -0.496 e. The standard InChI is InChI=1S/C31H40N4O4/c1-4-23(36)8-6-5-7-9-26(34-29(37)25-18-31(25)11-14-35(2)15-12-31)30-33-20-28(39-30)24-16-21-10-13-32-19-22(21)17-27(24)38-3/h10,13,16-17,19-20,25-26H,4-9,11-12,14-15,18H2,1-3H3,(H,34,37)/t25-,26+/m1/s1. The molecule has 3 aromatic rings. The lowest BCUT2D eigenvalue weighted by molar-refractivity contribution is -0.124. The van der Waals surface area contributed by atoms with Crippen LogP contribution < -0.4 is 10.1 Å². The largest absolute Gasteiger partial charge is 0.496 e. The van der Waals surface area contributed by atoms with E-state index in [1.807, 2.05) is 31.3 Å². The van der Waals surface area contributed by atoms with E-state index in [-0.39, 0.29) is 23.3 Å². The van der Waals surface area contributed by atoms with Crippen molar-refractivity contribution < 1.29 is 18.7 Å². The van der Waals surface area contributed by atoms with Crippen molar-refractivity contribution >= 4 is 22.5 Å². The Morgan fingerprint density at radius 2 is 2.00 bits per heavy atom. The molecule has 208 valence electrons. The van der Waals surface area contributed by atoms with E-state index in [4.69, 9.17) is 9.15 Å². The number of ether oxygens (including phenoxy) is 1. The van der Waals surface area contributed by atoms with E-state index in [9.17, 15) is 9.59 Å². The lowest BCUT2D eigenvalue weighted by Crippen LogP contribution is -2.36. The van der Waals surface area contributed by atoms with Crippen molar-refractivity contribution in [1.29, 1.82) is 0 Å². The predicted molar refractivity (Wildman–Crippen MR) is 150 cm³/mol. The third kappa shape index (κ3) is 6.16. The molecule has 5 rings (SSSR count). The fourth-order valence-electron chi connectivity index (χ4n) is 5.94. The highest BCUT2D eigenvalue weighted by Gasteiger charge is 2.58. The molecule has 1 saturated heterocycles. The Kier molecular flexibility index (Phi) is 8.31. The number of fused-ring (bicyclic) bond motifs is 1. The van der Waals surface area contributed by atoms with Crippen LogP contribution in [0.3, 0.4) is 0 Å². The SMILES string of the molecule is CCC(=O)CCCCC[C@H](NC(=O)[C@H]1CC12CCN(C)CC2)c1ncc(-c2cc3ccncc3cc2OC)o1. The van der Waals surface area contributed by atoms with Crippen LogP contribution in [0.2, 0.25) is 0 Å². The lowest BCUT2D eigenvalue weighted by Gasteiger charge is -2.30. The molecular formula is C31H40N4O4. The number of benzene rings is 1. The molecule has 2 aromatic heterocycles. The number of amides is 1. The predicted octanol–water partition coefficient (Wildman–Crippen LogP) is 5.72. The van der Waals surface area contributed by atoms with Gasteiger partial charge in [0.25, 0.3) is 0 Å². The number of hydrogen-bond acceptors (Lipinski definition) is 7. The van der Waals surface area contributed by atoms with Gasteiger partial charge < -0.3 is 19.4 Å². The number of likely N-dealkylation sites (tertiary alicyclic amines) is 1. The topological polar surface area (TPSA) is 97.6 Å². The number of nitrogens with zero attached hydrogens (tertiary/aromatic N) is 3. The first kappa shape index (κ1) is 27.3. The van der Waals surface area contributed by atoms with Crippen molar-refractivity contribution in [3.63, 3.8) is 0 Å². The van der Waals surface area contributed by atoms with Gasteiger partial charge in [-0.2, -0.15) is 0 Å². The zero-order chi connectivity index (χ0) is 27.4. The molecule has 2 aliphatic rings. The third-order valence-corrected chi connectivity index (χ3v) is 8.69. The number of nitrogens with one attached hydrogen (secondary N) is 1.